The van der Waals surface area contributed by atoms with E-state index in [2.05, 4.69) is 5.32 Å². The molecule has 0 unspecified atom stereocenters. The lowest BCUT2D eigenvalue weighted by atomic mass is 10.2. The second-order valence-electron chi connectivity index (χ2n) is 6.52. The molecule has 1 aromatic carbocycles. The summed E-state index contributed by atoms with van der Waals surface area (Å²) in [7, 11) is -4.08. The van der Waals surface area contributed by atoms with Crippen molar-refractivity contribution in [1.82, 2.24) is 14.5 Å². The van der Waals surface area contributed by atoms with E-state index in [1.807, 2.05) is 11.8 Å². The third-order valence-corrected chi connectivity index (χ3v) is 6.66. The van der Waals surface area contributed by atoms with Crippen LogP contribution in [0.4, 0.5) is 13.2 Å². The maximum absolute atomic E-state index is 13.0. The number of nitrogens with one attached hydrogen (secondary N) is 1. The Morgan fingerprint density at radius 2 is 1.86 bits per heavy atom. The van der Waals surface area contributed by atoms with Gasteiger partial charge in [-0.1, -0.05) is 24.9 Å². The summed E-state index contributed by atoms with van der Waals surface area (Å²) < 4.78 is 65.5. The molecular formula is C17H23ClF3N3O3S. The normalized spacial score (nSPS) is 16.9. The van der Waals surface area contributed by atoms with Crippen LogP contribution in [0.3, 0.4) is 0 Å². The van der Waals surface area contributed by atoms with E-state index in [9.17, 15) is 26.4 Å². The van der Waals surface area contributed by atoms with Crippen LogP contribution < -0.4 is 5.32 Å². The van der Waals surface area contributed by atoms with Gasteiger partial charge < -0.3 is 5.32 Å². The van der Waals surface area contributed by atoms with Crippen LogP contribution in [0.5, 0.6) is 0 Å². The number of nitrogens with zero attached hydrogens (tertiary/aromatic N) is 2. The van der Waals surface area contributed by atoms with E-state index in [4.69, 9.17) is 11.6 Å². The average molecular weight is 442 g/mol. The molecule has 0 aromatic heterocycles. The molecule has 2 rings (SSSR count). The molecule has 6 nitrogen and oxygen atoms in total. The maximum atomic E-state index is 13.0. The fraction of sp³-hybridized carbons (Fsp3) is 0.588. The quantitative estimate of drug-likeness (QED) is 0.660. The molecule has 1 saturated heterocycles. The van der Waals surface area contributed by atoms with Gasteiger partial charge in [0.2, 0.25) is 15.9 Å². The van der Waals surface area contributed by atoms with Crippen molar-refractivity contribution < 1.29 is 26.4 Å². The number of unbranched alkanes of at least 4 members (excludes halogenated alkanes) is 1. The van der Waals surface area contributed by atoms with Gasteiger partial charge in [-0.15, -0.1) is 0 Å². The molecule has 0 aliphatic carbocycles. The minimum absolute atomic E-state index is 0.0918. The summed E-state index contributed by atoms with van der Waals surface area (Å²) in [6, 6.07) is 2.57. The monoisotopic (exact) mass is 441 g/mol. The molecule has 28 heavy (non-hydrogen) atoms. The average Bonchev–Trinajstić information content (AvgIpc) is 2.61. The lowest BCUT2D eigenvalue weighted by Gasteiger charge is -2.33. The van der Waals surface area contributed by atoms with Gasteiger partial charge in [0.05, 0.1) is 22.0 Å². The zero-order valence-electron chi connectivity index (χ0n) is 15.4. The predicted octanol–water partition coefficient (Wildman–Crippen LogP) is 2.58. The zero-order valence-corrected chi connectivity index (χ0v) is 17.0. The van der Waals surface area contributed by atoms with E-state index in [0.29, 0.717) is 25.7 Å². The van der Waals surface area contributed by atoms with Crippen LogP contribution in [0.15, 0.2) is 23.1 Å². The maximum Gasteiger partial charge on any atom is 0.417 e. The van der Waals surface area contributed by atoms with Crippen LogP contribution in [-0.4, -0.2) is 62.8 Å². The first kappa shape index (κ1) is 22.9. The van der Waals surface area contributed by atoms with Gasteiger partial charge in [0.15, 0.2) is 0 Å². The Hall–Kier alpha value is -1.36. The van der Waals surface area contributed by atoms with Gasteiger partial charge in [0.25, 0.3) is 0 Å². The highest BCUT2D eigenvalue weighted by Gasteiger charge is 2.36. The number of alkyl halides is 3. The number of carbonyl (C=O) groups excluding carboxylic acids is 1. The highest BCUT2D eigenvalue weighted by atomic mass is 35.5. The number of hydrogen-bond donors (Lipinski definition) is 1. The van der Waals surface area contributed by atoms with Gasteiger partial charge in [-0.3, -0.25) is 9.69 Å². The van der Waals surface area contributed by atoms with Crippen molar-refractivity contribution >= 4 is 27.5 Å². The van der Waals surface area contributed by atoms with Crippen molar-refractivity contribution in [3.63, 3.8) is 0 Å². The molecule has 1 aromatic rings. The first-order valence-corrected chi connectivity index (χ1v) is 10.7. The number of amides is 1. The third-order valence-electron chi connectivity index (χ3n) is 4.43. The Balaban J connectivity index is 2.01. The standard InChI is InChI=1S/C17H23ClF3N3O3S/c1-2-3-6-22-16(25)12-23-7-9-24(10-8-23)28(26,27)13-4-5-15(18)14(11-13)17(19,20)21/h4-5,11H,2-3,6-10,12H2,1H3,(H,22,25). The van der Waals surface area contributed by atoms with Crippen LogP contribution in [0.2, 0.25) is 5.02 Å². The molecule has 1 amide bonds. The van der Waals surface area contributed by atoms with E-state index in [1.54, 1.807) is 0 Å². The predicted molar refractivity (Wildman–Crippen MR) is 99.6 cm³/mol. The van der Waals surface area contributed by atoms with Gasteiger partial charge in [0.1, 0.15) is 0 Å². The Morgan fingerprint density at radius 3 is 2.43 bits per heavy atom. The number of rotatable bonds is 7. The molecule has 0 saturated carbocycles. The summed E-state index contributed by atoms with van der Waals surface area (Å²) in [4.78, 5) is 13.2. The number of sulfonamides is 1. The molecule has 158 valence electrons. The molecule has 1 aliphatic heterocycles. The van der Waals surface area contributed by atoms with Crippen LogP contribution in [0, 0.1) is 0 Å². The zero-order chi connectivity index (χ0) is 20.9. The van der Waals surface area contributed by atoms with E-state index in [0.717, 1.165) is 29.3 Å². The molecule has 1 N–H and O–H groups in total. The molecule has 11 heteroatoms. The molecule has 0 atom stereocenters. The highest BCUT2D eigenvalue weighted by Crippen LogP contribution is 2.36. The van der Waals surface area contributed by atoms with Gasteiger partial charge in [-0.05, 0) is 24.6 Å². The molecule has 0 spiro atoms. The number of piperazine rings is 1. The minimum Gasteiger partial charge on any atom is -0.355 e. The summed E-state index contributed by atoms with van der Waals surface area (Å²) in [6.45, 7) is 3.60. The summed E-state index contributed by atoms with van der Waals surface area (Å²) in [5, 5.41) is 2.24. The molecule has 1 fully saturated rings. The van der Waals surface area contributed by atoms with Gasteiger partial charge in [0, 0.05) is 32.7 Å². The Morgan fingerprint density at radius 1 is 1.21 bits per heavy atom. The smallest absolute Gasteiger partial charge is 0.355 e. The van der Waals surface area contributed by atoms with Crippen molar-refractivity contribution in [2.45, 2.75) is 30.8 Å². The third kappa shape index (κ3) is 5.82. The molecule has 1 heterocycles. The van der Waals surface area contributed by atoms with E-state index >= 15 is 0 Å². The Kier molecular flexibility index (Phi) is 7.72. The van der Waals surface area contributed by atoms with Crippen LogP contribution in [0.25, 0.3) is 0 Å². The van der Waals surface area contributed by atoms with Crippen LogP contribution in [0.1, 0.15) is 25.3 Å². The van der Waals surface area contributed by atoms with Crippen molar-refractivity contribution in [2.75, 3.05) is 39.3 Å². The number of benzene rings is 1. The lowest BCUT2D eigenvalue weighted by Crippen LogP contribution is -2.51. The van der Waals surface area contributed by atoms with Crippen molar-refractivity contribution in [3.8, 4) is 0 Å². The van der Waals surface area contributed by atoms with E-state index in [1.165, 1.54) is 0 Å². The summed E-state index contributed by atoms with van der Waals surface area (Å²) >= 11 is 5.56. The molecule has 0 bridgehead atoms. The molecule has 1 aliphatic rings. The summed E-state index contributed by atoms with van der Waals surface area (Å²) in [5.74, 6) is -0.128. The van der Waals surface area contributed by atoms with Crippen molar-refractivity contribution in [1.29, 1.82) is 0 Å². The Bertz CT molecular complexity index is 795. The van der Waals surface area contributed by atoms with E-state index in [-0.39, 0.29) is 25.5 Å². The van der Waals surface area contributed by atoms with Crippen molar-refractivity contribution in [2.24, 2.45) is 0 Å². The lowest BCUT2D eigenvalue weighted by molar-refractivity contribution is -0.137. The largest absolute Gasteiger partial charge is 0.417 e. The topological polar surface area (TPSA) is 69.7 Å². The van der Waals surface area contributed by atoms with E-state index < -0.39 is 31.7 Å². The van der Waals surface area contributed by atoms with Crippen LogP contribution >= 0.6 is 11.6 Å². The highest BCUT2D eigenvalue weighted by molar-refractivity contribution is 7.89. The minimum atomic E-state index is -4.74. The summed E-state index contributed by atoms with van der Waals surface area (Å²) in [5.41, 5.74) is -1.18. The van der Waals surface area contributed by atoms with Crippen molar-refractivity contribution in [3.05, 3.63) is 28.8 Å². The fourth-order valence-corrected chi connectivity index (χ4v) is 4.50. The summed E-state index contributed by atoms with van der Waals surface area (Å²) in [6.07, 6.45) is -2.89. The molecule has 0 radical (unpaired) electrons. The van der Waals surface area contributed by atoms with Gasteiger partial charge >= 0.3 is 6.18 Å². The number of carbonyl (C=O) groups is 1. The van der Waals surface area contributed by atoms with Gasteiger partial charge in [-0.25, -0.2) is 8.42 Å². The van der Waals surface area contributed by atoms with Crippen LogP contribution in [-0.2, 0) is 21.0 Å². The number of hydrogen-bond acceptors (Lipinski definition) is 4. The number of halogens is 4. The fourth-order valence-electron chi connectivity index (χ4n) is 2.82. The second-order valence-corrected chi connectivity index (χ2v) is 8.87. The second kappa shape index (κ2) is 9.43. The SMILES string of the molecule is CCCCNC(=O)CN1CCN(S(=O)(=O)c2ccc(Cl)c(C(F)(F)F)c2)CC1. The Labute approximate surface area is 167 Å². The first-order valence-electron chi connectivity index (χ1n) is 8.91. The first-order chi connectivity index (χ1) is 13.1. The van der Waals surface area contributed by atoms with Gasteiger partial charge in [-0.2, -0.15) is 17.5 Å². The molecular weight excluding hydrogens is 419 g/mol.